The molecule has 1 aromatic carbocycles. The number of hydrogen-bond acceptors (Lipinski definition) is 6. The summed E-state index contributed by atoms with van der Waals surface area (Å²) in [7, 11) is 2.15. The summed E-state index contributed by atoms with van der Waals surface area (Å²) in [6, 6.07) is 9.19. The van der Waals surface area contributed by atoms with Crippen molar-refractivity contribution in [1.82, 2.24) is 19.6 Å². The smallest absolute Gasteiger partial charge is 0.119 e. The Labute approximate surface area is 176 Å². The normalized spacial score (nSPS) is 24.3. The third-order valence-corrected chi connectivity index (χ3v) is 6.68. The summed E-state index contributed by atoms with van der Waals surface area (Å²) in [5.41, 5.74) is 1.34. The van der Waals surface area contributed by atoms with Crippen molar-refractivity contribution in [3.05, 3.63) is 29.8 Å². The molecule has 0 aliphatic carbocycles. The highest BCUT2D eigenvalue weighted by Gasteiger charge is 2.31. The summed E-state index contributed by atoms with van der Waals surface area (Å²) in [6.07, 6.45) is 3.73. The van der Waals surface area contributed by atoms with Crippen LogP contribution in [-0.2, 0) is 6.54 Å². The molecule has 0 aromatic heterocycles. The maximum Gasteiger partial charge on any atom is 0.119 e. The van der Waals surface area contributed by atoms with Gasteiger partial charge in [0.25, 0.3) is 0 Å². The standard InChI is InChI=1S/C23H38N4O2/c1-24-11-13-25(14-12-24)18-22(28)19-29-23-7-5-20(6-8-23)15-26-16-21(17-26)27-9-3-2-4-10-27/h5-8,21-22,28H,2-4,9-19H2,1H3/t22-/m1/s1. The van der Waals surface area contributed by atoms with Crippen molar-refractivity contribution in [2.75, 3.05) is 72.6 Å². The first-order valence-corrected chi connectivity index (χ1v) is 11.4. The zero-order chi connectivity index (χ0) is 20.1. The second-order valence-electron chi connectivity index (χ2n) is 9.16. The Morgan fingerprint density at radius 1 is 0.931 bits per heavy atom. The Hall–Kier alpha value is -1.18. The molecule has 29 heavy (non-hydrogen) atoms. The van der Waals surface area contributed by atoms with Crippen molar-refractivity contribution < 1.29 is 9.84 Å². The van der Waals surface area contributed by atoms with Crippen LogP contribution in [0.25, 0.3) is 0 Å². The lowest BCUT2D eigenvalue weighted by atomic mass is 10.0. The van der Waals surface area contributed by atoms with Crippen LogP contribution in [-0.4, -0.2) is 109 Å². The molecule has 3 saturated heterocycles. The van der Waals surface area contributed by atoms with Crippen LogP contribution in [0.2, 0.25) is 0 Å². The average Bonchev–Trinajstić information content (AvgIpc) is 2.72. The molecular formula is C23H38N4O2. The Balaban J connectivity index is 1.13. The number of aliphatic hydroxyl groups is 1. The van der Waals surface area contributed by atoms with Crippen molar-refractivity contribution >= 4 is 0 Å². The minimum absolute atomic E-state index is 0.356. The number of piperazine rings is 1. The molecule has 0 bridgehead atoms. The van der Waals surface area contributed by atoms with Gasteiger partial charge in [-0.2, -0.15) is 0 Å². The van der Waals surface area contributed by atoms with Crippen molar-refractivity contribution in [3.8, 4) is 5.75 Å². The molecule has 6 nitrogen and oxygen atoms in total. The number of hydrogen-bond donors (Lipinski definition) is 1. The Bertz CT molecular complexity index is 606. The summed E-state index contributed by atoms with van der Waals surface area (Å²) >= 11 is 0. The number of nitrogens with zero attached hydrogens (tertiary/aromatic N) is 4. The van der Waals surface area contributed by atoms with E-state index in [1.807, 2.05) is 12.1 Å². The van der Waals surface area contributed by atoms with E-state index in [4.69, 9.17) is 4.74 Å². The van der Waals surface area contributed by atoms with Crippen LogP contribution < -0.4 is 4.74 Å². The third-order valence-electron chi connectivity index (χ3n) is 6.68. The molecular weight excluding hydrogens is 364 g/mol. The quantitative estimate of drug-likeness (QED) is 0.708. The van der Waals surface area contributed by atoms with Gasteiger partial charge in [-0.15, -0.1) is 0 Å². The number of aliphatic hydroxyl groups excluding tert-OH is 1. The summed E-state index contributed by atoms with van der Waals surface area (Å²) in [5.74, 6) is 0.848. The van der Waals surface area contributed by atoms with E-state index in [1.165, 1.54) is 51.0 Å². The lowest BCUT2D eigenvalue weighted by molar-refractivity contribution is 0.0186. The molecule has 3 aliphatic rings. The van der Waals surface area contributed by atoms with Gasteiger partial charge in [0.05, 0.1) is 0 Å². The van der Waals surface area contributed by atoms with Gasteiger partial charge in [0.1, 0.15) is 18.5 Å². The molecule has 162 valence electrons. The van der Waals surface area contributed by atoms with Gasteiger partial charge < -0.3 is 14.7 Å². The van der Waals surface area contributed by atoms with Crippen LogP contribution in [0, 0.1) is 0 Å². The Kier molecular flexibility index (Phi) is 7.43. The van der Waals surface area contributed by atoms with Gasteiger partial charge >= 0.3 is 0 Å². The SMILES string of the molecule is CN1CCN(C[C@@H](O)COc2ccc(CN3CC(N4CCCCC4)C3)cc2)CC1. The van der Waals surface area contributed by atoms with E-state index in [0.29, 0.717) is 13.2 Å². The first-order chi connectivity index (χ1) is 14.2. The summed E-state index contributed by atoms with van der Waals surface area (Å²) in [5, 5.41) is 10.3. The van der Waals surface area contributed by atoms with Crippen LogP contribution in [0.4, 0.5) is 0 Å². The molecule has 0 amide bonds. The van der Waals surface area contributed by atoms with Crippen LogP contribution in [0.15, 0.2) is 24.3 Å². The van der Waals surface area contributed by atoms with E-state index >= 15 is 0 Å². The van der Waals surface area contributed by atoms with Gasteiger partial charge in [0, 0.05) is 58.4 Å². The van der Waals surface area contributed by atoms with Crippen molar-refractivity contribution in [2.45, 2.75) is 38.0 Å². The molecule has 0 saturated carbocycles. The summed E-state index contributed by atoms with van der Waals surface area (Å²) < 4.78 is 5.82. The molecule has 4 rings (SSSR count). The van der Waals surface area contributed by atoms with E-state index in [1.54, 1.807) is 0 Å². The molecule has 1 atom stereocenters. The number of β-amino-alcohol motifs (C(OH)–C–C–N with tert-alkyl or cyclic N) is 1. The largest absolute Gasteiger partial charge is 0.491 e. The molecule has 3 fully saturated rings. The molecule has 0 spiro atoms. The van der Waals surface area contributed by atoms with Crippen LogP contribution >= 0.6 is 0 Å². The lowest BCUT2D eigenvalue weighted by Gasteiger charge is -2.46. The maximum atomic E-state index is 10.3. The second-order valence-corrected chi connectivity index (χ2v) is 9.16. The Morgan fingerprint density at radius 3 is 2.31 bits per heavy atom. The lowest BCUT2D eigenvalue weighted by Crippen LogP contribution is -2.59. The van der Waals surface area contributed by atoms with Crippen LogP contribution in [0.3, 0.4) is 0 Å². The fraction of sp³-hybridized carbons (Fsp3) is 0.739. The van der Waals surface area contributed by atoms with E-state index < -0.39 is 6.10 Å². The van der Waals surface area contributed by atoms with Crippen LogP contribution in [0.1, 0.15) is 24.8 Å². The van der Waals surface area contributed by atoms with Gasteiger partial charge in [-0.3, -0.25) is 14.7 Å². The molecule has 3 heterocycles. The first-order valence-electron chi connectivity index (χ1n) is 11.4. The van der Waals surface area contributed by atoms with Gasteiger partial charge in [-0.05, 0) is 50.7 Å². The predicted octanol–water partition coefficient (Wildman–Crippen LogP) is 1.34. The summed E-state index contributed by atoms with van der Waals surface area (Å²) in [6.45, 7) is 11.3. The predicted molar refractivity (Wildman–Crippen MR) is 116 cm³/mol. The molecule has 0 radical (unpaired) electrons. The minimum atomic E-state index is -0.439. The zero-order valence-electron chi connectivity index (χ0n) is 18.0. The van der Waals surface area contributed by atoms with Crippen molar-refractivity contribution in [2.24, 2.45) is 0 Å². The molecule has 3 aliphatic heterocycles. The fourth-order valence-corrected chi connectivity index (χ4v) is 4.71. The number of rotatable bonds is 8. The van der Waals surface area contributed by atoms with Crippen molar-refractivity contribution in [3.63, 3.8) is 0 Å². The first kappa shape index (κ1) is 21.1. The monoisotopic (exact) mass is 402 g/mol. The number of ether oxygens (including phenoxy) is 1. The number of piperidine rings is 1. The summed E-state index contributed by atoms with van der Waals surface area (Å²) in [4.78, 5) is 9.87. The third kappa shape index (κ3) is 6.15. The van der Waals surface area contributed by atoms with Crippen molar-refractivity contribution in [1.29, 1.82) is 0 Å². The number of likely N-dealkylation sites (tertiary alicyclic amines) is 2. The number of benzene rings is 1. The zero-order valence-corrected chi connectivity index (χ0v) is 18.0. The average molecular weight is 403 g/mol. The van der Waals surface area contributed by atoms with E-state index in [9.17, 15) is 5.11 Å². The van der Waals surface area contributed by atoms with Gasteiger partial charge in [0.15, 0.2) is 0 Å². The minimum Gasteiger partial charge on any atom is -0.491 e. The maximum absolute atomic E-state index is 10.3. The van der Waals surface area contributed by atoms with E-state index in [-0.39, 0.29) is 0 Å². The van der Waals surface area contributed by atoms with E-state index in [2.05, 4.69) is 38.8 Å². The highest BCUT2D eigenvalue weighted by atomic mass is 16.5. The second kappa shape index (κ2) is 10.2. The fourth-order valence-electron chi connectivity index (χ4n) is 4.71. The molecule has 0 unspecified atom stereocenters. The van der Waals surface area contributed by atoms with E-state index in [0.717, 1.165) is 44.5 Å². The highest BCUT2D eigenvalue weighted by Crippen LogP contribution is 2.22. The highest BCUT2D eigenvalue weighted by molar-refractivity contribution is 5.27. The van der Waals surface area contributed by atoms with Crippen LogP contribution in [0.5, 0.6) is 5.75 Å². The number of likely N-dealkylation sites (N-methyl/N-ethyl adjacent to an activating group) is 1. The van der Waals surface area contributed by atoms with Gasteiger partial charge in [-0.1, -0.05) is 18.6 Å². The Morgan fingerprint density at radius 2 is 1.62 bits per heavy atom. The molecule has 6 heteroatoms. The molecule has 1 aromatic rings. The molecule has 1 N–H and O–H groups in total. The van der Waals surface area contributed by atoms with Gasteiger partial charge in [0.2, 0.25) is 0 Å². The van der Waals surface area contributed by atoms with Gasteiger partial charge in [-0.25, -0.2) is 0 Å². The topological polar surface area (TPSA) is 42.4 Å².